The average molecular weight is 646 g/mol. The summed E-state index contributed by atoms with van der Waals surface area (Å²) in [5, 5.41) is 5.47. The van der Waals surface area contributed by atoms with Gasteiger partial charge in [0.2, 0.25) is 0 Å². The van der Waals surface area contributed by atoms with Crippen molar-refractivity contribution < 1.29 is 19.1 Å². The molecule has 5 aromatic rings. The zero-order valence-corrected chi connectivity index (χ0v) is 25.3. The van der Waals surface area contributed by atoms with Crippen molar-refractivity contribution in [3.05, 3.63) is 111 Å². The molecule has 4 aromatic carbocycles. The van der Waals surface area contributed by atoms with E-state index in [1.807, 2.05) is 67.5 Å². The number of carbonyl (C=O) groups excluding carboxylic acids is 2. The molecule has 42 heavy (non-hydrogen) atoms. The van der Waals surface area contributed by atoms with Crippen molar-refractivity contribution >= 4 is 62.2 Å². The zero-order valence-electron chi connectivity index (χ0n) is 22.9. The summed E-state index contributed by atoms with van der Waals surface area (Å²) in [4.78, 5) is 31.7. The first-order chi connectivity index (χ1) is 20.2. The number of hydrogen-bond acceptors (Lipinski definition) is 6. The number of halogens is 2. The van der Waals surface area contributed by atoms with E-state index in [0.29, 0.717) is 22.0 Å². The molecule has 0 fully saturated rings. The van der Waals surface area contributed by atoms with Gasteiger partial charge in [0.1, 0.15) is 22.8 Å². The second kappa shape index (κ2) is 12.5. The van der Waals surface area contributed by atoms with Crippen LogP contribution in [0.15, 0.2) is 94.5 Å². The summed E-state index contributed by atoms with van der Waals surface area (Å²) in [5.74, 6) is -0.521. The number of aromatic amines is 1. The van der Waals surface area contributed by atoms with E-state index < -0.39 is 11.9 Å². The highest BCUT2D eigenvalue weighted by Gasteiger charge is 2.20. The molecule has 2 N–H and O–H groups in total. The minimum absolute atomic E-state index is 0.175. The van der Waals surface area contributed by atoms with Gasteiger partial charge < -0.3 is 19.4 Å². The number of carbonyl (C=O) groups is 2. The Kier molecular flexibility index (Phi) is 8.61. The lowest BCUT2D eigenvalue weighted by molar-refractivity contribution is 0.0730. The monoisotopic (exact) mass is 644 g/mol. The van der Waals surface area contributed by atoms with Crippen LogP contribution in [0.2, 0.25) is 5.02 Å². The molecule has 0 aliphatic rings. The number of rotatable bonds is 8. The Morgan fingerprint density at radius 3 is 2.48 bits per heavy atom. The smallest absolute Gasteiger partial charge is 0.347 e. The first-order valence-corrected chi connectivity index (χ1v) is 14.0. The number of hydrogen-bond donors (Lipinski definition) is 2. The molecular formula is C32H26BrClN4O4. The van der Waals surface area contributed by atoms with Gasteiger partial charge in [-0.05, 0) is 60.2 Å². The predicted octanol–water partition coefficient (Wildman–Crippen LogP) is 7.31. The minimum Gasteiger partial charge on any atom is -0.496 e. The Bertz CT molecular complexity index is 1820. The van der Waals surface area contributed by atoms with E-state index in [9.17, 15) is 9.59 Å². The largest absolute Gasteiger partial charge is 0.496 e. The fraction of sp³-hybridized carbons (Fsp3) is 0.0938. The molecule has 1 amide bonds. The summed E-state index contributed by atoms with van der Waals surface area (Å²) < 4.78 is 11.7. The maximum Gasteiger partial charge on any atom is 0.347 e. The molecule has 0 saturated carbocycles. The van der Waals surface area contributed by atoms with Gasteiger partial charge >= 0.3 is 5.97 Å². The van der Waals surface area contributed by atoms with Crippen molar-refractivity contribution in [3.8, 4) is 22.6 Å². The summed E-state index contributed by atoms with van der Waals surface area (Å²) in [7, 11) is 5.40. The van der Waals surface area contributed by atoms with Gasteiger partial charge in [0, 0.05) is 51.3 Å². The molecule has 0 saturated heterocycles. The standard InChI is InChI=1S/C32H26BrClN4O4/c1-38(2)23-11-12-26-24(17-23)29(19-7-5-4-6-8-19)30(36-26)31(39)37-35-18-20-15-21(33)9-13-27(20)42-32(40)25-16-22(34)10-14-28(25)41-3/h4-18,36H,1-3H3,(H,37,39). The molecule has 8 nitrogen and oxygen atoms in total. The number of benzene rings is 4. The fourth-order valence-electron chi connectivity index (χ4n) is 4.46. The normalized spacial score (nSPS) is 11.1. The van der Waals surface area contributed by atoms with Crippen LogP contribution in [0.4, 0.5) is 5.69 Å². The van der Waals surface area contributed by atoms with Gasteiger partial charge in [-0.15, -0.1) is 0 Å². The SMILES string of the molecule is COc1ccc(Cl)cc1C(=O)Oc1ccc(Br)cc1C=NNC(=O)c1[nH]c2ccc(N(C)C)cc2c1-c1ccccc1. The highest BCUT2D eigenvalue weighted by molar-refractivity contribution is 9.10. The van der Waals surface area contributed by atoms with Gasteiger partial charge in [0.25, 0.3) is 5.91 Å². The van der Waals surface area contributed by atoms with Crippen molar-refractivity contribution in [1.82, 2.24) is 10.4 Å². The summed E-state index contributed by atoms with van der Waals surface area (Å²) in [6, 6.07) is 25.4. The Hall–Kier alpha value is -4.60. The average Bonchev–Trinajstić information content (AvgIpc) is 3.38. The van der Waals surface area contributed by atoms with Crippen LogP contribution in [0, 0.1) is 0 Å². The quantitative estimate of drug-likeness (QED) is 0.0799. The van der Waals surface area contributed by atoms with Crippen LogP contribution in [0.5, 0.6) is 11.5 Å². The summed E-state index contributed by atoms with van der Waals surface area (Å²) >= 11 is 9.52. The number of anilines is 1. The highest BCUT2D eigenvalue weighted by atomic mass is 79.9. The molecule has 0 spiro atoms. The van der Waals surface area contributed by atoms with Crippen LogP contribution in [0.1, 0.15) is 26.4 Å². The van der Waals surface area contributed by atoms with Crippen molar-refractivity contribution in [1.29, 1.82) is 0 Å². The van der Waals surface area contributed by atoms with Crippen LogP contribution in [0.3, 0.4) is 0 Å². The Morgan fingerprint density at radius 2 is 1.74 bits per heavy atom. The number of nitrogens with one attached hydrogen (secondary N) is 2. The van der Waals surface area contributed by atoms with E-state index in [1.54, 1.807) is 30.3 Å². The third kappa shape index (κ3) is 6.17. The predicted molar refractivity (Wildman–Crippen MR) is 170 cm³/mol. The molecule has 1 aromatic heterocycles. The van der Waals surface area contributed by atoms with Crippen LogP contribution < -0.4 is 19.8 Å². The molecule has 0 atom stereocenters. The van der Waals surface area contributed by atoms with Gasteiger partial charge in [0.05, 0.1) is 13.3 Å². The van der Waals surface area contributed by atoms with Crippen molar-refractivity contribution in [2.24, 2.45) is 5.10 Å². The number of nitrogens with zero attached hydrogens (tertiary/aromatic N) is 2. The number of esters is 1. The van der Waals surface area contributed by atoms with E-state index in [1.165, 1.54) is 19.4 Å². The second-order valence-corrected chi connectivity index (χ2v) is 10.8. The molecule has 0 radical (unpaired) electrons. The molecule has 10 heteroatoms. The van der Waals surface area contributed by atoms with Crippen LogP contribution in [-0.2, 0) is 0 Å². The van der Waals surface area contributed by atoms with Crippen molar-refractivity contribution in [3.63, 3.8) is 0 Å². The molecule has 212 valence electrons. The third-order valence-electron chi connectivity index (χ3n) is 6.51. The minimum atomic E-state index is -0.655. The molecule has 0 unspecified atom stereocenters. The molecule has 0 aliphatic carbocycles. The van der Waals surface area contributed by atoms with Crippen LogP contribution in [0.25, 0.3) is 22.0 Å². The maximum absolute atomic E-state index is 13.4. The van der Waals surface area contributed by atoms with E-state index in [-0.39, 0.29) is 11.3 Å². The zero-order chi connectivity index (χ0) is 29.8. The number of amides is 1. The molecule has 1 heterocycles. The number of methoxy groups -OCH3 is 1. The van der Waals surface area contributed by atoms with E-state index in [2.05, 4.69) is 31.4 Å². The maximum atomic E-state index is 13.4. The molecule has 0 aliphatic heterocycles. The summed E-state index contributed by atoms with van der Waals surface area (Å²) in [6.45, 7) is 0. The van der Waals surface area contributed by atoms with Gasteiger partial charge in [-0.1, -0.05) is 57.9 Å². The first-order valence-electron chi connectivity index (χ1n) is 12.8. The Balaban J connectivity index is 1.43. The van der Waals surface area contributed by atoms with E-state index >= 15 is 0 Å². The fourth-order valence-corrected chi connectivity index (χ4v) is 5.01. The van der Waals surface area contributed by atoms with E-state index in [0.717, 1.165) is 32.2 Å². The Morgan fingerprint density at radius 1 is 0.976 bits per heavy atom. The highest BCUT2D eigenvalue weighted by Crippen LogP contribution is 2.35. The number of H-pyrrole nitrogens is 1. The van der Waals surface area contributed by atoms with Crippen molar-refractivity contribution in [2.75, 3.05) is 26.1 Å². The Labute approximate surface area is 256 Å². The molecular weight excluding hydrogens is 620 g/mol. The van der Waals surface area contributed by atoms with Gasteiger partial charge in [-0.2, -0.15) is 5.10 Å². The molecule has 5 rings (SSSR count). The van der Waals surface area contributed by atoms with Gasteiger partial charge in [0.15, 0.2) is 0 Å². The lowest BCUT2D eigenvalue weighted by Gasteiger charge is -2.12. The summed E-state index contributed by atoms with van der Waals surface area (Å²) in [5.41, 5.74) is 7.11. The number of aromatic nitrogens is 1. The van der Waals surface area contributed by atoms with Crippen molar-refractivity contribution in [2.45, 2.75) is 0 Å². The lowest BCUT2D eigenvalue weighted by atomic mass is 10.0. The summed E-state index contributed by atoms with van der Waals surface area (Å²) in [6.07, 6.45) is 1.41. The van der Waals surface area contributed by atoms with Crippen LogP contribution >= 0.6 is 27.5 Å². The number of fused-ring (bicyclic) bond motifs is 1. The number of hydrazone groups is 1. The third-order valence-corrected chi connectivity index (χ3v) is 7.24. The van der Waals surface area contributed by atoms with Gasteiger partial charge in [-0.3, -0.25) is 4.79 Å². The second-order valence-electron chi connectivity index (χ2n) is 9.48. The van der Waals surface area contributed by atoms with Crippen LogP contribution in [-0.4, -0.2) is 44.3 Å². The number of ether oxygens (including phenoxy) is 2. The lowest BCUT2D eigenvalue weighted by Crippen LogP contribution is -2.19. The topological polar surface area (TPSA) is 96.0 Å². The first kappa shape index (κ1) is 28.9. The van der Waals surface area contributed by atoms with E-state index in [4.69, 9.17) is 21.1 Å². The molecule has 0 bridgehead atoms. The van der Waals surface area contributed by atoms with Gasteiger partial charge in [-0.25, -0.2) is 10.2 Å².